The Hall–Kier alpha value is -4.79. The summed E-state index contributed by atoms with van der Waals surface area (Å²) < 4.78 is 17.0. The van der Waals surface area contributed by atoms with Crippen LogP contribution in [-0.4, -0.2) is 14.7 Å². The standard InChI is InChI=1S/C8H12.2C7H11N.2C7H10O.2C7H10S.C6H9NO.8C2H6/c2*1-7(2)8-5-3-4-6-8;1-6(2)7-4-3-5-8-7;1-6(2)7-3-4-8-5-7;1-6(2)7-4-3-5-8-7;1-6(2)7-3-4-8-5-7;1-6(2)7-4-3-5-8-7;1-5(2)6-3-4-7-8-6;8*1-2/h3,5-7H,4H2,1-2H3;3-7H,1-2H3;3-6,8H,1-2H3;4*3-6H,1-2H3;3-5H,1-2H3;8*1-2H3. The van der Waals surface area contributed by atoms with Gasteiger partial charge in [-0.15, -0.1) is 11.3 Å². The average Bonchev–Trinajstić information content (AvgIpc) is 4.34. The Morgan fingerprint density at radius 3 is 1.25 bits per heavy atom. The van der Waals surface area contributed by atoms with Crippen molar-refractivity contribution in [3.63, 3.8) is 0 Å². The molecule has 464 valence electrons. The maximum atomic E-state index is 5.09. The Balaban J connectivity index is -0.000000119. The van der Waals surface area contributed by atoms with E-state index in [1.54, 1.807) is 36.3 Å². The SMILES string of the molecule is CC.CC.CC.CC.CC.CC.CC.CC.CC(C)C1=CCC=C1.CC(C)c1ccc[nH]1.CC(C)c1ccco1.CC(C)c1cccs1.CC(C)c1ccno1.CC(C)c1ccoc1.CC(C)c1ccsc1.CC(C)n1cccc1. The molecule has 1 aliphatic carbocycles. The van der Waals surface area contributed by atoms with Crippen molar-refractivity contribution >= 4 is 22.7 Å². The molecular weight excluding hydrogens is 1020 g/mol. The van der Waals surface area contributed by atoms with Gasteiger partial charge in [-0.2, -0.15) is 11.3 Å². The number of rotatable bonds is 8. The first-order chi connectivity index (χ1) is 38.4. The first-order valence-electron chi connectivity index (χ1n) is 31.1. The highest BCUT2D eigenvalue weighted by molar-refractivity contribution is 7.10. The smallest absolute Gasteiger partial charge is 0.139 e. The predicted molar refractivity (Wildman–Crippen MR) is 370 cm³/mol. The summed E-state index contributed by atoms with van der Waals surface area (Å²) >= 11 is 3.60. The maximum absolute atomic E-state index is 5.09. The lowest BCUT2D eigenvalue weighted by Crippen LogP contribution is -1.94. The van der Waals surface area contributed by atoms with E-state index < -0.39 is 0 Å². The summed E-state index contributed by atoms with van der Waals surface area (Å²) in [6.07, 6.45) is 20.8. The molecule has 0 saturated heterocycles. The van der Waals surface area contributed by atoms with Gasteiger partial charge >= 0.3 is 0 Å². The molecule has 1 N–H and O–H groups in total. The molecular formula is C72H131N3O3S2. The van der Waals surface area contributed by atoms with E-state index in [0.29, 0.717) is 47.5 Å². The van der Waals surface area contributed by atoms with Crippen molar-refractivity contribution in [2.24, 2.45) is 5.92 Å². The van der Waals surface area contributed by atoms with Crippen molar-refractivity contribution in [3.05, 3.63) is 183 Å². The summed E-state index contributed by atoms with van der Waals surface area (Å²) in [5.74, 6) is 6.32. The topological polar surface area (TPSA) is 73.0 Å². The summed E-state index contributed by atoms with van der Waals surface area (Å²) in [6, 6.07) is 23.0. The van der Waals surface area contributed by atoms with E-state index in [1.165, 1.54) is 27.3 Å². The molecule has 0 aliphatic heterocycles. The molecule has 0 radical (unpaired) electrons. The van der Waals surface area contributed by atoms with Gasteiger partial charge in [0.25, 0.3) is 0 Å². The molecule has 0 spiro atoms. The molecule has 0 saturated carbocycles. The number of nitrogens with zero attached hydrogens (tertiary/aromatic N) is 2. The van der Waals surface area contributed by atoms with E-state index >= 15 is 0 Å². The Kier molecular flexibility index (Phi) is 80.6. The molecule has 0 aromatic carbocycles. The van der Waals surface area contributed by atoms with Crippen LogP contribution in [0, 0.1) is 5.92 Å². The van der Waals surface area contributed by atoms with Crippen LogP contribution in [0.2, 0.25) is 0 Å². The van der Waals surface area contributed by atoms with E-state index in [1.807, 2.05) is 171 Å². The second-order valence-electron chi connectivity index (χ2n) is 17.8. The number of furan rings is 2. The van der Waals surface area contributed by atoms with Gasteiger partial charge in [0.2, 0.25) is 0 Å². The number of aromatic nitrogens is 3. The number of allylic oxidation sites excluding steroid dienone is 4. The normalized spacial score (nSPS) is 9.62. The van der Waals surface area contributed by atoms with E-state index in [0.717, 1.165) is 17.9 Å². The molecule has 8 heteroatoms. The Morgan fingerprint density at radius 2 is 1.05 bits per heavy atom. The van der Waals surface area contributed by atoms with Crippen molar-refractivity contribution in [3.8, 4) is 0 Å². The van der Waals surface area contributed by atoms with Crippen LogP contribution in [0.25, 0.3) is 0 Å². The van der Waals surface area contributed by atoms with Crippen molar-refractivity contribution in [2.75, 3.05) is 0 Å². The summed E-state index contributed by atoms with van der Waals surface area (Å²) in [5, 5.41) is 10.0. The van der Waals surface area contributed by atoms with Gasteiger partial charge < -0.3 is 22.9 Å². The number of H-pyrrole nitrogens is 1. The average molecular weight is 1150 g/mol. The van der Waals surface area contributed by atoms with Gasteiger partial charge in [-0.25, -0.2) is 0 Å². The van der Waals surface area contributed by atoms with Gasteiger partial charge in [0.15, 0.2) is 0 Å². The van der Waals surface area contributed by atoms with Crippen LogP contribution in [0.15, 0.2) is 164 Å². The number of nitrogens with one attached hydrogen (secondary N) is 1. The number of aromatic amines is 1. The molecule has 8 rings (SSSR count). The fourth-order valence-electron chi connectivity index (χ4n) is 5.27. The van der Waals surface area contributed by atoms with Gasteiger partial charge in [0.05, 0.1) is 25.0 Å². The summed E-state index contributed by atoms with van der Waals surface area (Å²) in [7, 11) is 0. The molecule has 0 bridgehead atoms. The van der Waals surface area contributed by atoms with E-state index in [9.17, 15) is 0 Å². The maximum Gasteiger partial charge on any atom is 0.139 e. The zero-order valence-electron chi connectivity index (χ0n) is 58.1. The van der Waals surface area contributed by atoms with Crippen LogP contribution in [0.5, 0.6) is 0 Å². The third-order valence-electron chi connectivity index (χ3n) is 9.61. The number of hydrogen-bond donors (Lipinski definition) is 1. The highest BCUT2D eigenvalue weighted by atomic mass is 32.1. The minimum Gasteiger partial charge on any atom is -0.472 e. The summed E-state index contributed by atoms with van der Waals surface area (Å²) in [5.41, 5.74) is 5.52. The van der Waals surface area contributed by atoms with Gasteiger partial charge in [-0.3, -0.25) is 0 Å². The van der Waals surface area contributed by atoms with Gasteiger partial charge in [-0.1, -0.05) is 237 Å². The van der Waals surface area contributed by atoms with Crippen LogP contribution in [-0.2, 0) is 0 Å². The van der Waals surface area contributed by atoms with Gasteiger partial charge in [0.1, 0.15) is 11.5 Å². The molecule has 0 amide bonds. The monoisotopic (exact) mass is 1150 g/mol. The fourth-order valence-corrected chi connectivity index (χ4v) is 6.84. The third kappa shape index (κ3) is 55.1. The van der Waals surface area contributed by atoms with Crippen LogP contribution in [0.1, 0.15) is 303 Å². The first-order valence-corrected chi connectivity index (χ1v) is 32.9. The lowest BCUT2D eigenvalue weighted by Gasteiger charge is -2.03. The van der Waals surface area contributed by atoms with Crippen LogP contribution >= 0.6 is 22.7 Å². The summed E-state index contributed by atoms with van der Waals surface area (Å²) in [4.78, 5) is 4.61. The first kappa shape index (κ1) is 91.7. The molecule has 1 aliphatic rings. The van der Waals surface area contributed by atoms with Crippen molar-refractivity contribution in [1.82, 2.24) is 14.7 Å². The van der Waals surface area contributed by atoms with Crippen molar-refractivity contribution < 1.29 is 13.4 Å². The molecule has 0 unspecified atom stereocenters. The minimum atomic E-state index is 0.456. The number of hydrogen-bond acceptors (Lipinski definition) is 6. The Morgan fingerprint density at radius 1 is 0.500 bits per heavy atom. The highest BCUT2D eigenvalue weighted by Crippen LogP contribution is 2.20. The Labute approximate surface area is 506 Å². The van der Waals surface area contributed by atoms with Crippen molar-refractivity contribution in [2.45, 2.75) is 270 Å². The quantitative estimate of drug-likeness (QED) is 0.165. The third-order valence-corrected chi connectivity index (χ3v) is 11.5. The highest BCUT2D eigenvalue weighted by Gasteiger charge is 2.02. The van der Waals surface area contributed by atoms with Crippen LogP contribution in [0.3, 0.4) is 0 Å². The molecule has 0 fully saturated rings. The Bertz CT molecular complexity index is 1650. The number of thiophene rings is 2. The minimum absolute atomic E-state index is 0.456. The lowest BCUT2D eigenvalue weighted by atomic mass is 10.1. The second-order valence-corrected chi connectivity index (χ2v) is 19.6. The fraction of sp³-hybridized carbons (Fsp3) is 0.569. The van der Waals surface area contributed by atoms with Gasteiger partial charge in [-0.05, 0) is 137 Å². The zero-order valence-corrected chi connectivity index (χ0v) is 59.8. The zero-order chi connectivity index (χ0) is 63.9. The van der Waals surface area contributed by atoms with Crippen LogP contribution < -0.4 is 0 Å². The predicted octanol–water partition coefficient (Wildman–Crippen LogP) is 27.3. The molecule has 7 aromatic rings. The molecule has 7 heterocycles. The largest absolute Gasteiger partial charge is 0.472 e. The van der Waals surface area contributed by atoms with E-state index in [2.05, 4.69) is 197 Å². The van der Waals surface area contributed by atoms with E-state index in [-0.39, 0.29) is 0 Å². The molecule has 0 atom stereocenters. The van der Waals surface area contributed by atoms with Crippen molar-refractivity contribution in [1.29, 1.82) is 0 Å². The van der Waals surface area contributed by atoms with E-state index in [4.69, 9.17) is 13.4 Å². The van der Waals surface area contributed by atoms with Gasteiger partial charge in [0, 0.05) is 53.1 Å². The molecule has 80 heavy (non-hydrogen) atoms. The lowest BCUT2D eigenvalue weighted by molar-refractivity contribution is 0.371. The molecule has 7 aromatic heterocycles. The summed E-state index contributed by atoms with van der Waals surface area (Å²) in [6.45, 7) is 66.6. The second kappa shape index (κ2) is 70.3. The van der Waals surface area contributed by atoms with Crippen LogP contribution in [0.4, 0.5) is 0 Å². The molecule has 6 nitrogen and oxygen atoms in total.